The molecule has 0 unspecified atom stereocenters. The van der Waals surface area contributed by atoms with Gasteiger partial charge in [-0.15, -0.1) is 0 Å². The fraction of sp³-hybridized carbons (Fsp3) is 0.300. The molecule has 0 spiro atoms. The number of carbonyl (C=O) groups is 2. The molecular weight excluding hydrogens is 350 g/mol. The van der Waals surface area contributed by atoms with Crippen molar-refractivity contribution in [3.63, 3.8) is 0 Å². The van der Waals surface area contributed by atoms with Crippen LogP contribution in [0.3, 0.4) is 0 Å². The average Bonchev–Trinajstić information content (AvgIpc) is 2.70. The maximum Gasteiger partial charge on any atom is 0.310 e. The first kappa shape index (κ1) is 20.1. The van der Waals surface area contributed by atoms with Gasteiger partial charge in [-0.05, 0) is 23.8 Å². The third kappa shape index (κ3) is 5.91. The van der Waals surface area contributed by atoms with Crippen molar-refractivity contribution in [2.45, 2.75) is 13.0 Å². The molecule has 0 bridgehead atoms. The molecule has 0 fully saturated rings. The van der Waals surface area contributed by atoms with E-state index < -0.39 is 5.97 Å². The van der Waals surface area contributed by atoms with Crippen molar-refractivity contribution in [3.8, 4) is 17.2 Å². The van der Waals surface area contributed by atoms with E-state index in [-0.39, 0.29) is 25.5 Å². The first-order valence-corrected chi connectivity index (χ1v) is 8.32. The van der Waals surface area contributed by atoms with Gasteiger partial charge in [0.05, 0.1) is 27.8 Å². The van der Waals surface area contributed by atoms with Crippen LogP contribution >= 0.6 is 0 Å². The topological polar surface area (TPSA) is 83.1 Å². The van der Waals surface area contributed by atoms with Crippen molar-refractivity contribution in [2.24, 2.45) is 0 Å². The van der Waals surface area contributed by atoms with Crippen LogP contribution in [0, 0.1) is 0 Å². The second-order valence-electron chi connectivity index (χ2n) is 5.62. The Morgan fingerprint density at radius 1 is 0.889 bits per heavy atom. The Morgan fingerprint density at radius 3 is 2.30 bits per heavy atom. The molecule has 2 rings (SSSR count). The lowest BCUT2D eigenvalue weighted by molar-refractivity contribution is -0.147. The molecular formula is C20H23NO6. The van der Waals surface area contributed by atoms with Gasteiger partial charge in [-0.25, -0.2) is 0 Å². The van der Waals surface area contributed by atoms with Crippen molar-refractivity contribution < 1.29 is 28.5 Å². The molecule has 27 heavy (non-hydrogen) atoms. The zero-order valence-electron chi connectivity index (χ0n) is 15.6. The molecule has 0 radical (unpaired) electrons. The minimum absolute atomic E-state index is 0.0279. The van der Waals surface area contributed by atoms with E-state index in [0.717, 1.165) is 5.56 Å². The highest BCUT2D eigenvalue weighted by atomic mass is 16.5. The standard InChI is InChI=1S/C20H23NO6/c1-24-16-7-5-4-6-15(16)12-21-19(22)13-27-20(23)11-14-8-9-17(25-2)18(10-14)26-3/h4-10H,11-13H2,1-3H3,(H,21,22). The molecule has 2 aromatic carbocycles. The van der Waals surface area contributed by atoms with Crippen LogP contribution in [0.25, 0.3) is 0 Å². The molecule has 0 saturated carbocycles. The molecule has 0 saturated heterocycles. The number of methoxy groups -OCH3 is 3. The Morgan fingerprint density at radius 2 is 1.59 bits per heavy atom. The number of rotatable bonds is 9. The Bertz CT molecular complexity index is 790. The highest BCUT2D eigenvalue weighted by Crippen LogP contribution is 2.27. The lowest BCUT2D eigenvalue weighted by atomic mass is 10.1. The minimum atomic E-state index is -0.505. The van der Waals surface area contributed by atoms with E-state index >= 15 is 0 Å². The largest absolute Gasteiger partial charge is 0.496 e. The number of ether oxygens (including phenoxy) is 4. The van der Waals surface area contributed by atoms with Gasteiger partial charge in [-0.1, -0.05) is 24.3 Å². The molecule has 0 aliphatic rings. The van der Waals surface area contributed by atoms with E-state index in [1.807, 2.05) is 24.3 Å². The summed E-state index contributed by atoms with van der Waals surface area (Å²) >= 11 is 0. The van der Waals surface area contributed by atoms with Crippen LogP contribution in [0.5, 0.6) is 17.2 Å². The Balaban J connectivity index is 1.80. The summed E-state index contributed by atoms with van der Waals surface area (Å²) in [4.78, 5) is 23.8. The summed E-state index contributed by atoms with van der Waals surface area (Å²) in [6.45, 7) is -0.0582. The number of nitrogens with one attached hydrogen (secondary N) is 1. The van der Waals surface area contributed by atoms with Crippen molar-refractivity contribution in [3.05, 3.63) is 53.6 Å². The maximum atomic E-state index is 12.0. The fourth-order valence-corrected chi connectivity index (χ4v) is 2.45. The zero-order valence-corrected chi connectivity index (χ0v) is 15.6. The summed E-state index contributed by atoms with van der Waals surface area (Å²) in [7, 11) is 4.62. The van der Waals surface area contributed by atoms with Crippen LogP contribution in [-0.2, 0) is 27.3 Å². The normalized spacial score (nSPS) is 10.0. The van der Waals surface area contributed by atoms with Gasteiger partial charge >= 0.3 is 5.97 Å². The SMILES string of the molecule is COc1ccccc1CNC(=O)COC(=O)Cc1ccc(OC)c(OC)c1. The highest BCUT2D eigenvalue weighted by molar-refractivity contribution is 5.81. The smallest absolute Gasteiger partial charge is 0.310 e. The van der Waals surface area contributed by atoms with E-state index in [1.54, 1.807) is 25.3 Å². The van der Waals surface area contributed by atoms with Gasteiger partial charge in [0.25, 0.3) is 5.91 Å². The second-order valence-corrected chi connectivity index (χ2v) is 5.62. The van der Waals surface area contributed by atoms with Gasteiger partial charge in [0.1, 0.15) is 5.75 Å². The number of hydrogen-bond acceptors (Lipinski definition) is 6. The monoisotopic (exact) mass is 373 g/mol. The lowest BCUT2D eigenvalue weighted by Crippen LogP contribution is -2.28. The lowest BCUT2D eigenvalue weighted by Gasteiger charge is -2.11. The van der Waals surface area contributed by atoms with Gasteiger partial charge in [-0.2, -0.15) is 0 Å². The number of esters is 1. The van der Waals surface area contributed by atoms with E-state index in [0.29, 0.717) is 22.8 Å². The van der Waals surface area contributed by atoms with Crippen LogP contribution in [0.2, 0.25) is 0 Å². The van der Waals surface area contributed by atoms with Crippen LogP contribution in [-0.4, -0.2) is 39.8 Å². The number of carbonyl (C=O) groups excluding carboxylic acids is 2. The van der Waals surface area contributed by atoms with E-state index in [4.69, 9.17) is 18.9 Å². The van der Waals surface area contributed by atoms with Gasteiger partial charge in [-0.3, -0.25) is 9.59 Å². The maximum absolute atomic E-state index is 12.0. The Labute approximate surface area is 158 Å². The number of para-hydroxylation sites is 1. The van der Waals surface area contributed by atoms with Gasteiger partial charge in [0.15, 0.2) is 18.1 Å². The molecule has 2 aromatic rings. The Hall–Kier alpha value is -3.22. The molecule has 144 valence electrons. The van der Waals surface area contributed by atoms with Gasteiger partial charge in [0.2, 0.25) is 0 Å². The van der Waals surface area contributed by atoms with Crippen molar-refractivity contribution in [1.29, 1.82) is 0 Å². The molecule has 0 atom stereocenters. The summed E-state index contributed by atoms with van der Waals surface area (Å²) in [6, 6.07) is 12.5. The summed E-state index contributed by atoms with van der Waals surface area (Å²) in [5.74, 6) is 0.891. The van der Waals surface area contributed by atoms with Crippen molar-refractivity contribution in [1.82, 2.24) is 5.32 Å². The summed E-state index contributed by atoms with van der Waals surface area (Å²) in [5.41, 5.74) is 1.54. The molecule has 7 nitrogen and oxygen atoms in total. The second kappa shape index (κ2) is 10.1. The van der Waals surface area contributed by atoms with Gasteiger partial charge in [0, 0.05) is 12.1 Å². The number of hydrogen-bond donors (Lipinski definition) is 1. The van der Waals surface area contributed by atoms with E-state index in [2.05, 4.69) is 5.32 Å². The van der Waals surface area contributed by atoms with E-state index in [1.165, 1.54) is 14.2 Å². The predicted octanol–water partition coefficient (Wildman–Crippen LogP) is 2.11. The molecule has 0 heterocycles. The average molecular weight is 373 g/mol. The number of benzene rings is 2. The molecule has 0 aromatic heterocycles. The van der Waals surface area contributed by atoms with Gasteiger partial charge < -0.3 is 24.3 Å². The third-order valence-corrected chi connectivity index (χ3v) is 3.83. The zero-order chi connectivity index (χ0) is 19.6. The molecule has 7 heteroatoms. The first-order chi connectivity index (χ1) is 13.1. The predicted molar refractivity (Wildman–Crippen MR) is 99.0 cm³/mol. The summed E-state index contributed by atoms with van der Waals surface area (Å²) in [6.07, 6.45) is 0.0279. The molecule has 0 aliphatic heterocycles. The minimum Gasteiger partial charge on any atom is -0.496 e. The molecule has 1 N–H and O–H groups in total. The molecule has 0 aliphatic carbocycles. The quantitative estimate of drug-likeness (QED) is 0.678. The van der Waals surface area contributed by atoms with Crippen molar-refractivity contribution >= 4 is 11.9 Å². The summed E-state index contributed by atoms with van der Waals surface area (Å²) in [5, 5.41) is 2.69. The van der Waals surface area contributed by atoms with Crippen LogP contribution in [0.1, 0.15) is 11.1 Å². The fourth-order valence-electron chi connectivity index (χ4n) is 2.45. The van der Waals surface area contributed by atoms with Crippen LogP contribution < -0.4 is 19.5 Å². The van der Waals surface area contributed by atoms with Crippen LogP contribution in [0.15, 0.2) is 42.5 Å². The summed E-state index contributed by atoms with van der Waals surface area (Å²) < 4.78 is 20.6. The van der Waals surface area contributed by atoms with Crippen molar-refractivity contribution in [2.75, 3.05) is 27.9 Å². The Kier molecular flexibility index (Phi) is 7.49. The van der Waals surface area contributed by atoms with E-state index in [9.17, 15) is 9.59 Å². The first-order valence-electron chi connectivity index (χ1n) is 8.32. The third-order valence-electron chi connectivity index (χ3n) is 3.83. The van der Waals surface area contributed by atoms with Crippen LogP contribution in [0.4, 0.5) is 0 Å². The molecule has 1 amide bonds. The number of amides is 1. The highest BCUT2D eigenvalue weighted by Gasteiger charge is 2.12.